The molecule has 1 aromatic heterocycles. The Labute approximate surface area is 97.9 Å². The number of benzene rings is 1. The normalized spacial score (nSPS) is 10.2. The lowest BCUT2D eigenvalue weighted by Crippen LogP contribution is -2.19. The molecular formula is C11H12N4O2. The van der Waals surface area contributed by atoms with Crippen LogP contribution in [0.15, 0.2) is 36.7 Å². The molecule has 6 nitrogen and oxygen atoms in total. The standard InChI is InChI=1S/C11H12N4O2/c16-8-9-2-1-3-10(6-9)13-11(17)7-15-5-4-12-14-15/h1-6,16H,7-8H2,(H,13,17). The Hall–Kier alpha value is -2.21. The number of carbonyl (C=O) groups excluding carboxylic acids is 1. The zero-order valence-corrected chi connectivity index (χ0v) is 9.08. The van der Waals surface area contributed by atoms with Crippen molar-refractivity contribution in [3.8, 4) is 0 Å². The maximum atomic E-state index is 11.6. The van der Waals surface area contributed by atoms with E-state index in [9.17, 15) is 4.79 Å². The Morgan fingerprint density at radius 3 is 3.06 bits per heavy atom. The van der Waals surface area contributed by atoms with Crippen molar-refractivity contribution in [1.29, 1.82) is 0 Å². The van der Waals surface area contributed by atoms with E-state index in [2.05, 4.69) is 15.6 Å². The quantitative estimate of drug-likeness (QED) is 0.800. The third-order valence-corrected chi connectivity index (χ3v) is 2.17. The highest BCUT2D eigenvalue weighted by atomic mass is 16.3. The smallest absolute Gasteiger partial charge is 0.246 e. The molecule has 1 aromatic carbocycles. The Bertz CT molecular complexity index is 496. The highest BCUT2D eigenvalue weighted by Gasteiger charge is 2.04. The predicted octanol–water partition coefficient (Wildman–Crippen LogP) is 0.409. The number of hydrogen-bond donors (Lipinski definition) is 2. The Morgan fingerprint density at radius 1 is 1.47 bits per heavy atom. The average Bonchev–Trinajstić information content (AvgIpc) is 2.82. The van der Waals surface area contributed by atoms with Gasteiger partial charge in [-0.05, 0) is 17.7 Å². The van der Waals surface area contributed by atoms with Crippen LogP contribution in [-0.2, 0) is 17.9 Å². The molecule has 1 heterocycles. The number of aromatic nitrogens is 3. The van der Waals surface area contributed by atoms with Crippen LogP contribution in [0.25, 0.3) is 0 Å². The van der Waals surface area contributed by atoms with Crippen molar-refractivity contribution >= 4 is 11.6 Å². The van der Waals surface area contributed by atoms with Gasteiger partial charge in [-0.3, -0.25) is 4.79 Å². The molecule has 0 aliphatic heterocycles. The van der Waals surface area contributed by atoms with Gasteiger partial charge in [0.1, 0.15) is 6.54 Å². The molecule has 0 spiro atoms. The summed E-state index contributed by atoms with van der Waals surface area (Å²) >= 11 is 0. The van der Waals surface area contributed by atoms with E-state index in [1.54, 1.807) is 30.5 Å². The fraction of sp³-hybridized carbons (Fsp3) is 0.182. The van der Waals surface area contributed by atoms with Crippen LogP contribution in [-0.4, -0.2) is 26.0 Å². The van der Waals surface area contributed by atoms with Gasteiger partial charge in [-0.15, -0.1) is 5.10 Å². The number of carbonyl (C=O) groups is 1. The van der Waals surface area contributed by atoms with E-state index >= 15 is 0 Å². The van der Waals surface area contributed by atoms with Crippen molar-refractivity contribution in [3.05, 3.63) is 42.2 Å². The summed E-state index contributed by atoms with van der Waals surface area (Å²) in [5, 5.41) is 19.0. The third-order valence-electron chi connectivity index (χ3n) is 2.17. The molecule has 2 N–H and O–H groups in total. The lowest BCUT2D eigenvalue weighted by atomic mass is 10.2. The average molecular weight is 232 g/mol. The summed E-state index contributed by atoms with van der Waals surface area (Å²) in [5.74, 6) is -0.189. The molecule has 2 aromatic rings. The van der Waals surface area contributed by atoms with Gasteiger partial charge in [0.15, 0.2) is 0 Å². The predicted molar refractivity (Wildman–Crippen MR) is 61.0 cm³/mol. The first-order valence-electron chi connectivity index (χ1n) is 5.11. The molecule has 0 aliphatic carbocycles. The zero-order chi connectivity index (χ0) is 12.1. The van der Waals surface area contributed by atoms with Crippen LogP contribution in [0, 0.1) is 0 Å². The summed E-state index contributed by atoms with van der Waals surface area (Å²) in [5.41, 5.74) is 1.41. The SMILES string of the molecule is O=C(Cn1ccnn1)Nc1cccc(CO)c1. The van der Waals surface area contributed by atoms with Crippen LogP contribution in [0.5, 0.6) is 0 Å². The van der Waals surface area contributed by atoms with Gasteiger partial charge in [0, 0.05) is 11.9 Å². The van der Waals surface area contributed by atoms with Crippen LogP contribution >= 0.6 is 0 Å². The van der Waals surface area contributed by atoms with Gasteiger partial charge in [-0.2, -0.15) is 0 Å². The van der Waals surface area contributed by atoms with Gasteiger partial charge in [0.25, 0.3) is 0 Å². The Balaban J connectivity index is 1.98. The molecule has 2 rings (SSSR count). The first kappa shape index (κ1) is 11.3. The monoisotopic (exact) mass is 232 g/mol. The minimum absolute atomic E-state index is 0.0488. The van der Waals surface area contributed by atoms with Gasteiger partial charge in [-0.25, -0.2) is 4.68 Å². The van der Waals surface area contributed by atoms with E-state index in [0.717, 1.165) is 5.56 Å². The number of nitrogens with zero attached hydrogens (tertiary/aromatic N) is 3. The number of hydrogen-bond acceptors (Lipinski definition) is 4. The number of aliphatic hydroxyl groups is 1. The summed E-state index contributed by atoms with van der Waals surface area (Å²) in [7, 11) is 0. The van der Waals surface area contributed by atoms with Crippen molar-refractivity contribution in [2.24, 2.45) is 0 Å². The molecule has 0 unspecified atom stereocenters. The molecule has 0 fully saturated rings. The lowest BCUT2D eigenvalue weighted by molar-refractivity contribution is -0.116. The first-order chi connectivity index (χ1) is 8.28. The largest absolute Gasteiger partial charge is 0.392 e. The van der Waals surface area contributed by atoms with Crippen molar-refractivity contribution in [3.63, 3.8) is 0 Å². The van der Waals surface area contributed by atoms with Gasteiger partial charge >= 0.3 is 0 Å². The topological polar surface area (TPSA) is 80.0 Å². The molecule has 0 atom stereocenters. The maximum absolute atomic E-state index is 11.6. The fourth-order valence-electron chi connectivity index (χ4n) is 1.41. The van der Waals surface area contributed by atoms with Crippen LogP contribution in [0.3, 0.4) is 0 Å². The second-order valence-electron chi connectivity index (χ2n) is 3.51. The summed E-state index contributed by atoms with van der Waals surface area (Å²) in [4.78, 5) is 11.6. The van der Waals surface area contributed by atoms with E-state index in [1.165, 1.54) is 10.9 Å². The van der Waals surface area contributed by atoms with Gasteiger partial charge < -0.3 is 10.4 Å². The minimum Gasteiger partial charge on any atom is -0.392 e. The van der Waals surface area contributed by atoms with E-state index in [1.807, 2.05) is 0 Å². The van der Waals surface area contributed by atoms with E-state index in [4.69, 9.17) is 5.11 Å². The molecule has 1 amide bonds. The van der Waals surface area contributed by atoms with Crippen molar-refractivity contribution < 1.29 is 9.90 Å². The molecular weight excluding hydrogens is 220 g/mol. The molecule has 0 aliphatic rings. The van der Waals surface area contributed by atoms with Crippen LogP contribution in [0.2, 0.25) is 0 Å². The van der Waals surface area contributed by atoms with E-state index < -0.39 is 0 Å². The first-order valence-corrected chi connectivity index (χ1v) is 5.11. The highest BCUT2D eigenvalue weighted by molar-refractivity contribution is 5.90. The van der Waals surface area contributed by atoms with Gasteiger partial charge in [0.05, 0.1) is 12.8 Å². The second kappa shape index (κ2) is 5.22. The summed E-state index contributed by atoms with van der Waals surface area (Å²) in [6.45, 7) is 0.0656. The Kier molecular flexibility index (Phi) is 3.46. The summed E-state index contributed by atoms with van der Waals surface area (Å²) < 4.78 is 1.44. The number of anilines is 1. The van der Waals surface area contributed by atoms with Crippen LogP contribution in [0.1, 0.15) is 5.56 Å². The molecule has 0 saturated heterocycles. The highest BCUT2D eigenvalue weighted by Crippen LogP contribution is 2.10. The Morgan fingerprint density at radius 2 is 2.35 bits per heavy atom. The zero-order valence-electron chi connectivity index (χ0n) is 9.08. The summed E-state index contributed by atoms with van der Waals surface area (Å²) in [6.07, 6.45) is 3.13. The molecule has 0 saturated carbocycles. The molecule has 88 valence electrons. The van der Waals surface area contributed by atoms with Crippen molar-refractivity contribution in [2.45, 2.75) is 13.2 Å². The minimum atomic E-state index is -0.189. The van der Waals surface area contributed by atoms with Gasteiger partial charge in [0.2, 0.25) is 5.91 Å². The molecule has 6 heteroatoms. The number of nitrogens with one attached hydrogen (secondary N) is 1. The van der Waals surface area contributed by atoms with Crippen LogP contribution < -0.4 is 5.32 Å². The van der Waals surface area contributed by atoms with Crippen molar-refractivity contribution in [1.82, 2.24) is 15.0 Å². The number of rotatable bonds is 4. The van der Waals surface area contributed by atoms with Crippen LogP contribution in [0.4, 0.5) is 5.69 Å². The van der Waals surface area contributed by atoms with E-state index in [0.29, 0.717) is 5.69 Å². The van der Waals surface area contributed by atoms with Gasteiger partial charge in [-0.1, -0.05) is 17.3 Å². The summed E-state index contributed by atoms with van der Waals surface area (Å²) in [6, 6.07) is 7.04. The lowest BCUT2D eigenvalue weighted by Gasteiger charge is -2.06. The van der Waals surface area contributed by atoms with E-state index in [-0.39, 0.29) is 19.1 Å². The fourth-order valence-corrected chi connectivity index (χ4v) is 1.41. The molecule has 0 radical (unpaired) electrons. The maximum Gasteiger partial charge on any atom is 0.246 e. The molecule has 17 heavy (non-hydrogen) atoms. The molecule has 0 bridgehead atoms. The second-order valence-corrected chi connectivity index (χ2v) is 3.51. The number of aliphatic hydroxyl groups excluding tert-OH is 1. The van der Waals surface area contributed by atoms with Crippen molar-refractivity contribution in [2.75, 3.05) is 5.32 Å². The number of amides is 1. The third kappa shape index (κ3) is 3.12.